The third kappa shape index (κ3) is 5.83. The minimum absolute atomic E-state index is 0.159. The van der Waals surface area contributed by atoms with Crippen LogP contribution in [0.2, 0.25) is 0 Å². The minimum Gasteiger partial charge on any atom is -0.465 e. The Labute approximate surface area is 172 Å². The first kappa shape index (κ1) is 20.9. The molecule has 1 aliphatic heterocycles. The van der Waals surface area contributed by atoms with Crippen molar-refractivity contribution in [1.29, 1.82) is 0 Å². The van der Waals surface area contributed by atoms with E-state index in [4.69, 9.17) is 9.15 Å². The Kier molecular flexibility index (Phi) is 7.53. The largest absolute Gasteiger partial charge is 0.465 e. The first-order valence-electron chi connectivity index (χ1n) is 9.95. The average Bonchev–Trinajstić information content (AvgIpc) is 3.30. The van der Waals surface area contributed by atoms with E-state index in [9.17, 15) is 0 Å². The highest BCUT2D eigenvalue weighted by Crippen LogP contribution is 2.23. The molecule has 3 rings (SSSR count). The number of aryl methyl sites for hydroxylation is 2. The third-order valence-electron chi connectivity index (χ3n) is 4.95. The van der Waals surface area contributed by atoms with Crippen molar-refractivity contribution >= 4 is 17.3 Å². The molecule has 28 heavy (non-hydrogen) atoms. The molecule has 6 nitrogen and oxygen atoms in total. The van der Waals surface area contributed by atoms with Gasteiger partial charge in [0, 0.05) is 48.9 Å². The van der Waals surface area contributed by atoms with Crippen LogP contribution in [0.15, 0.2) is 33.7 Å². The maximum atomic E-state index is 5.95. The highest BCUT2D eigenvalue weighted by molar-refractivity contribution is 7.11. The van der Waals surface area contributed by atoms with Crippen molar-refractivity contribution in [3.8, 4) is 0 Å². The number of furan rings is 1. The van der Waals surface area contributed by atoms with Crippen molar-refractivity contribution in [3.05, 3.63) is 45.5 Å². The zero-order valence-electron chi connectivity index (χ0n) is 17.3. The minimum atomic E-state index is 0.159. The van der Waals surface area contributed by atoms with Crippen LogP contribution < -0.4 is 10.6 Å². The quantitative estimate of drug-likeness (QED) is 0.548. The normalized spacial score (nSPS) is 18.1. The van der Waals surface area contributed by atoms with Gasteiger partial charge in [-0.25, -0.2) is 0 Å². The van der Waals surface area contributed by atoms with Gasteiger partial charge >= 0.3 is 0 Å². The van der Waals surface area contributed by atoms with E-state index in [0.29, 0.717) is 6.04 Å². The molecule has 0 radical (unpaired) electrons. The Morgan fingerprint density at radius 3 is 2.61 bits per heavy atom. The average molecular weight is 405 g/mol. The molecule has 1 saturated heterocycles. The number of aliphatic imine (C=N–C) groups is 1. The fraction of sp³-hybridized carbons (Fsp3) is 0.571. The molecule has 0 aromatic carbocycles. The van der Waals surface area contributed by atoms with Crippen LogP contribution >= 0.6 is 11.3 Å². The molecular formula is C21H32N4O2S. The molecule has 154 valence electrons. The van der Waals surface area contributed by atoms with Gasteiger partial charge in [0.15, 0.2) is 5.96 Å². The summed E-state index contributed by atoms with van der Waals surface area (Å²) in [6.07, 6.45) is 0.990. The Balaban J connectivity index is 1.58. The summed E-state index contributed by atoms with van der Waals surface area (Å²) in [5.41, 5.74) is 0. The zero-order valence-corrected chi connectivity index (χ0v) is 18.1. The molecule has 2 aromatic rings. The number of nitrogens with zero attached hydrogens (tertiary/aromatic N) is 2. The maximum absolute atomic E-state index is 5.95. The van der Waals surface area contributed by atoms with Gasteiger partial charge in [-0.05, 0) is 45.0 Å². The number of morpholine rings is 1. The lowest BCUT2D eigenvalue weighted by Crippen LogP contribution is -2.48. The standard InChI is InChI=1S/C21H32N4O2S/c1-15(13-18-7-6-17(3)28-18)24-21(22-4)23-14-19(20-8-5-16(2)27-20)25-9-11-26-12-10-25/h5-8,15,19H,9-14H2,1-4H3,(H2,22,23,24). The van der Waals surface area contributed by atoms with Crippen LogP contribution in [0.25, 0.3) is 0 Å². The number of hydrogen-bond acceptors (Lipinski definition) is 5. The van der Waals surface area contributed by atoms with Crippen molar-refractivity contribution in [2.75, 3.05) is 39.9 Å². The van der Waals surface area contributed by atoms with Gasteiger partial charge in [-0.2, -0.15) is 0 Å². The summed E-state index contributed by atoms with van der Waals surface area (Å²) >= 11 is 1.86. The van der Waals surface area contributed by atoms with E-state index in [1.165, 1.54) is 9.75 Å². The monoisotopic (exact) mass is 404 g/mol. The van der Waals surface area contributed by atoms with Gasteiger partial charge in [0.2, 0.25) is 0 Å². The summed E-state index contributed by atoms with van der Waals surface area (Å²) in [4.78, 5) is 9.58. The number of rotatable bonds is 7. The van der Waals surface area contributed by atoms with Crippen LogP contribution in [-0.2, 0) is 11.2 Å². The second-order valence-corrected chi connectivity index (χ2v) is 8.70. The summed E-state index contributed by atoms with van der Waals surface area (Å²) in [6.45, 7) is 10.4. The Morgan fingerprint density at radius 1 is 1.21 bits per heavy atom. The fourth-order valence-corrected chi connectivity index (χ4v) is 4.52. The fourth-order valence-electron chi connectivity index (χ4n) is 3.50. The van der Waals surface area contributed by atoms with Crippen molar-refractivity contribution in [2.24, 2.45) is 4.99 Å². The van der Waals surface area contributed by atoms with Gasteiger partial charge in [-0.3, -0.25) is 9.89 Å². The molecule has 3 heterocycles. The smallest absolute Gasteiger partial charge is 0.191 e. The predicted octanol–water partition coefficient (Wildman–Crippen LogP) is 3.13. The number of nitrogens with one attached hydrogen (secondary N) is 2. The molecule has 0 bridgehead atoms. The molecular weight excluding hydrogens is 372 g/mol. The number of thiophene rings is 1. The van der Waals surface area contributed by atoms with E-state index in [1.54, 1.807) is 0 Å². The lowest BCUT2D eigenvalue weighted by molar-refractivity contribution is 0.0124. The molecule has 0 aliphatic carbocycles. The molecule has 1 fully saturated rings. The lowest BCUT2D eigenvalue weighted by Gasteiger charge is -2.33. The van der Waals surface area contributed by atoms with Gasteiger partial charge in [0.1, 0.15) is 11.5 Å². The number of ether oxygens (including phenoxy) is 1. The van der Waals surface area contributed by atoms with E-state index in [2.05, 4.69) is 52.6 Å². The van der Waals surface area contributed by atoms with Crippen molar-refractivity contribution in [3.63, 3.8) is 0 Å². The molecule has 0 spiro atoms. The summed E-state index contributed by atoms with van der Waals surface area (Å²) in [5, 5.41) is 7.01. The van der Waals surface area contributed by atoms with E-state index < -0.39 is 0 Å². The van der Waals surface area contributed by atoms with Gasteiger partial charge in [-0.15, -0.1) is 11.3 Å². The van der Waals surface area contributed by atoms with Crippen LogP contribution in [0.5, 0.6) is 0 Å². The topological polar surface area (TPSA) is 62.0 Å². The molecule has 0 saturated carbocycles. The van der Waals surface area contributed by atoms with Crippen LogP contribution in [-0.4, -0.2) is 56.8 Å². The zero-order chi connectivity index (χ0) is 19.9. The molecule has 2 atom stereocenters. The molecule has 0 amide bonds. The van der Waals surface area contributed by atoms with Gasteiger partial charge in [-0.1, -0.05) is 0 Å². The molecule has 1 aliphatic rings. The molecule has 2 aromatic heterocycles. The first-order chi connectivity index (χ1) is 13.5. The maximum Gasteiger partial charge on any atom is 0.191 e. The Hall–Kier alpha value is -1.83. The van der Waals surface area contributed by atoms with Gasteiger partial charge < -0.3 is 19.8 Å². The molecule has 2 N–H and O–H groups in total. The third-order valence-corrected chi connectivity index (χ3v) is 5.97. The summed E-state index contributed by atoms with van der Waals surface area (Å²) in [7, 11) is 1.82. The van der Waals surface area contributed by atoms with Crippen molar-refractivity contribution < 1.29 is 9.15 Å². The van der Waals surface area contributed by atoms with E-state index in [0.717, 1.165) is 56.7 Å². The lowest BCUT2D eigenvalue weighted by atomic mass is 10.1. The summed E-state index contributed by atoms with van der Waals surface area (Å²) in [5.74, 6) is 2.75. The molecule has 7 heteroatoms. The second kappa shape index (κ2) is 10.1. The van der Waals surface area contributed by atoms with Crippen molar-refractivity contribution in [2.45, 2.75) is 39.3 Å². The van der Waals surface area contributed by atoms with Gasteiger partial charge in [0.25, 0.3) is 0 Å². The Bertz CT molecular complexity index is 764. The van der Waals surface area contributed by atoms with Crippen LogP contribution in [0.1, 0.15) is 34.2 Å². The van der Waals surface area contributed by atoms with E-state index in [-0.39, 0.29) is 6.04 Å². The first-order valence-corrected chi connectivity index (χ1v) is 10.8. The predicted molar refractivity (Wildman–Crippen MR) is 115 cm³/mol. The van der Waals surface area contributed by atoms with Crippen LogP contribution in [0.4, 0.5) is 0 Å². The summed E-state index contributed by atoms with van der Waals surface area (Å²) in [6, 6.07) is 8.96. The Morgan fingerprint density at radius 2 is 2.00 bits per heavy atom. The highest BCUT2D eigenvalue weighted by atomic mass is 32.1. The van der Waals surface area contributed by atoms with Crippen molar-refractivity contribution in [1.82, 2.24) is 15.5 Å². The highest BCUT2D eigenvalue weighted by Gasteiger charge is 2.25. The van der Waals surface area contributed by atoms with Crippen LogP contribution in [0.3, 0.4) is 0 Å². The van der Waals surface area contributed by atoms with Gasteiger partial charge in [0.05, 0.1) is 19.3 Å². The second-order valence-electron chi connectivity index (χ2n) is 7.33. The number of guanidine groups is 1. The molecule has 2 unspecified atom stereocenters. The summed E-state index contributed by atoms with van der Waals surface area (Å²) < 4.78 is 11.5. The van der Waals surface area contributed by atoms with Crippen LogP contribution in [0, 0.1) is 13.8 Å². The van der Waals surface area contributed by atoms with E-state index in [1.807, 2.05) is 31.4 Å². The SMILES string of the molecule is CN=C(NCC(c1ccc(C)o1)N1CCOCC1)NC(C)Cc1ccc(C)s1. The van der Waals surface area contributed by atoms with E-state index >= 15 is 0 Å². The number of hydrogen-bond donors (Lipinski definition) is 2.